The van der Waals surface area contributed by atoms with Crippen molar-refractivity contribution in [3.05, 3.63) is 92.7 Å². The summed E-state index contributed by atoms with van der Waals surface area (Å²) in [5.74, 6) is 0. The number of halogens is 6. The third kappa shape index (κ3) is 5.42. The van der Waals surface area contributed by atoms with Gasteiger partial charge in [-0.3, -0.25) is 0 Å². The fourth-order valence-corrected chi connectivity index (χ4v) is 9.11. The smallest absolute Gasteiger partial charge is 0.192 e. The van der Waals surface area contributed by atoms with Crippen LogP contribution in [0.15, 0.2) is 54.6 Å². The van der Waals surface area contributed by atoms with Gasteiger partial charge in [0.25, 0.3) is 0 Å². The standard InChI is InChI=1S/C21H12I6O3/c22-10-4-1-5-11(23)16(10)19-28-20(17-12(24)6-2-7-13(17)25)30-21(29-19)18-14(26)8-3-9-15(18)27/h1-9,19-21H. The van der Waals surface area contributed by atoms with E-state index in [0.29, 0.717) is 0 Å². The van der Waals surface area contributed by atoms with Gasteiger partial charge in [0.2, 0.25) is 0 Å². The maximum absolute atomic E-state index is 6.44. The number of rotatable bonds is 3. The molecule has 0 saturated carbocycles. The minimum Gasteiger partial charge on any atom is -0.315 e. The average molecular weight is 1070 g/mol. The largest absolute Gasteiger partial charge is 0.315 e. The maximum atomic E-state index is 6.44. The van der Waals surface area contributed by atoms with E-state index in [1.807, 2.05) is 18.2 Å². The van der Waals surface area contributed by atoms with Crippen molar-refractivity contribution >= 4 is 136 Å². The van der Waals surface area contributed by atoms with Crippen molar-refractivity contribution in [2.45, 2.75) is 18.9 Å². The van der Waals surface area contributed by atoms with Crippen LogP contribution < -0.4 is 0 Å². The SMILES string of the molecule is Ic1cccc(I)c1C1OC(c2c(I)cccc2I)OC(c2c(I)cccc2I)O1. The Morgan fingerprint density at radius 2 is 0.600 bits per heavy atom. The predicted molar refractivity (Wildman–Crippen MR) is 167 cm³/mol. The van der Waals surface area contributed by atoms with Gasteiger partial charge in [-0.15, -0.1) is 0 Å². The van der Waals surface area contributed by atoms with E-state index >= 15 is 0 Å². The van der Waals surface area contributed by atoms with Crippen molar-refractivity contribution in [2.75, 3.05) is 0 Å². The molecule has 0 amide bonds. The molecule has 3 nitrogen and oxygen atoms in total. The summed E-state index contributed by atoms with van der Waals surface area (Å²) in [4.78, 5) is 0. The number of benzene rings is 3. The Bertz CT molecular complexity index is 887. The molecule has 0 atom stereocenters. The summed E-state index contributed by atoms with van der Waals surface area (Å²) in [6, 6.07) is 18.6. The van der Waals surface area contributed by atoms with Gasteiger partial charge in [-0.05, 0) is 172 Å². The second-order valence-electron chi connectivity index (χ2n) is 6.31. The van der Waals surface area contributed by atoms with Crippen LogP contribution >= 0.6 is 136 Å². The van der Waals surface area contributed by atoms with Crippen molar-refractivity contribution < 1.29 is 14.2 Å². The molecule has 0 N–H and O–H groups in total. The zero-order chi connectivity index (χ0) is 21.4. The number of ether oxygens (including phenoxy) is 3. The van der Waals surface area contributed by atoms with Crippen LogP contribution in [0.2, 0.25) is 0 Å². The minimum absolute atomic E-state index is 0.535. The zero-order valence-electron chi connectivity index (χ0n) is 14.9. The van der Waals surface area contributed by atoms with E-state index in [1.54, 1.807) is 0 Å². The Hall–Kier alpha value is 1.92. The summed E-state index contributed by atoms with van der Waals surface area (Å²) in [5, 5.41) is 0. The van der Waals surface area contributed by atoms with E-state index in [0.717, 1.165) is 38.1 Å². The van der Waals surface area contributed by atoms with E-state index in [-0.39, 0.29) is 0 Å². The lowest BCUT2D eigenvalue weighted by Crippen LogP contribution is -2.29. The van der Waals surface area contributed by atoms with Crippen LogP contribution in [0, 0.1) is 21.4 Å². The van der Waals surface area contributed by atoms with E-state index in [2.05, 4.69) is 172 Å². The van der Waals surface area contributed by atoms with Gasteiger partial charge in [0, 0.05) is 38.1 Å². The van der Waals surface area contributed by atoms with Gasteiger partial charge in [0.15, 0.2) is 18.9 Å². The molecule has 0 spiro atoms. The fourth-order valence-electron chi connectivity index (χ4n) is 3.05. The van der Waals surface area contributed by atoms with Crippen LogP contribution in [0.4, 0.5) is 0 Å². The maximum Gasteiger partial charge on any atom is 0.192 e. The lowest BCUT2D eigenvalue weighted by atomic mass is 10.1. The summed E-state index contributed by atoms with van der Waals surface area (Å²) >= 11 is 14.1. The summed E-state index contributed by atoms with van der Waals surface area (Å²) in [5.41, 5.74) is 3.12. The van der Waals surface area contributed by atoms with Gasteiger partial charge in [0.05, 0.1) is 0 Å². The number of hydrogen-bond acceptors (Lipinski definition) is 3. The third-order valence-corrected chi connectivity index (χ3v) is 10.1. The first kappa shape index (κ1) is 25.0. The summed E-state index contributed by atoms with van der Waals surface area (Å²) in [7, 11) is 0. The molecule has 1 fully saturated rings. The highest BCUT2D eigenvalue weighted by Crippen LogP contribution is 2.46. The topological polar surface area (TPSA) is 27.7 Å². The Labute approximate surface area is 257 Å². The van der Waals surface area contributed by atoms with Crippen LogP contribution in [-0.4, -0.2) is 0 Å². The summed E-state index contributed by atoms with van der Waals surface area (Å²) < 4.78 is 26.0. The molecule has 3 aromatic carbocycles. The van der Waals surface area contributed by atoms with Gasteiger partial charge in [-0.2, -0.15) is 0 Å². The van der Waals surface area contributed by atoms with Crippen LogP contribution in [0.1, 0.15) is 35.6 Å². The molecular formula is C21H12I6O3. The molecule has 9 heteroatoms. The molecule has 0 aliphatic carbocycles. The van der Waals surface area contributed by atoms with Crippen LogP contribution in [0.25, 0.3) is 0 Å². The first-order valence-electron chi connectivity index (χ1n) is 8.65. The number of hydrogen-bond donors (Lipinski definition) is 0. The molecule has 0 unspecified atom stereocenters. The lowest BCUT2D eigenvalue weighted by molar-refractivity contribution is -0.398. The third-order valence-electron chi connectivity index (χ3n) is 4.45. The van der Waals surface area contributed by atoms with Crippen molar-refractivity contribution in [2.24, 2.45) is 0 Å². The van der Waals surface area contributed by atoms with Crippen molar-refractivity contribution in [3.8, 4) is 0 Å². The molecule has 3 aromatic rings. The Morgan fingerprint density at radius 1 is 0.400 bits per heavy atom. The molecule has 1 saturated heterocycles. The van der Waals surface area contributed by atoms with Crippen LogP contribution in [0.3, 0.4) is 0 Å². The summed E-state index contributed by atoms with van der Waals surface area (Å²) in [6.07, 6.45) is -1.60. The van der Waals surface area contributed by atoms with Crippen molar-refractivity contribution in [1.82, 2.24) is 0 Å². The van der Waals surface area contributed by atoms with Gasteiger partial charge in [-0.25, -0.2) is 0 Å². The lowest BCUT2D eigenvalue weighted by Gasteiger charge is -2.38. The molecule has 1 aliphatic heterocycles. The van der Waals surface area contributed by atoms with Gasteiger partial charge >= 0.3 is 0 Å². The average Bonchev–Trinajstić information content (AvgIpc) is 2.67. The zero-order valence-corrected chi connectivity index (χ0v) is 27.9. The highest BCUT2D eigenvalue weighted by Gasteiger charge is 2.38. The molecule has 1 aliphatic rings. The molecule has 1 heterocycles. The molecule has 0 bridgehead atoms. The Kier molecular flexibility index (Phi) is 9.27. The van der Waals surface area contributed by atoms with Crippen molar-refractivity contribution in [3.63, 3.8) is 0 Å². The highest BCUT2D eigenvalue weighted by atomic mass is 127. The normalized spacial score (nSPS) is 21.6. The molecular weight excluding hydrogens is 1060 g/mol. The first-order valence-corrected chi connectivity index (χ1v) is 15.1. The molecule has 156 valence electrons. The highest BCUT2D eigenvalue weighted by molar-refractivity contribution is 14.1. The monoisotopic (exact) mass is 1070 g/mol. The molecule has 0 aromatic heterocycles. The van der Waals surface area contributed by atoms with Crippen molar-refractivity contribution in [1.29, 1.82) is 0 Å². The Morgan fingerprint density at radius 3 is 0.800 bits per heavy atom. The predicted octanol–water partition coefficient (Wildman–Crippen LogP) is 8.77. The minimum atomic E-state index is -0.535. The van der Waals surface area contributed by atoms with E-state index < -0.39 is 18.9 Å². The molecule has 0 radical (unpaired) electrons. The van der Waals surface area contributed by atoms with Gasteiger partial charge < -0.3 is 14.2 Å². The van der Waals surface area contributed by atoms with Gasteiger partial charge in [0.1, 0.15) is 0 Å². The Balaban J connectivity index is 1.83. The quantitative estimate of drug-likeness (QED) is 0.246. The van der Waals surface area contributed by atoms with Gasteiger partial charge in [-0.1, -0.05) is 18.2 Å². The van der Waals surface area contributed by atoms with E-state index in [9.17, 15) is 0 Å². The van der Waals surface area contributed by atoms with Crippen LogP contribution in [0.5, 0.6) is 0 Å². The first-order chi connectivity index (χ1) is 14.4. The second-order valence-corrected chi connectivity index (χ2v) is 13.3. The van der Waals surface area contributed by atoms with E-state index in [1.165, 1.54) is 0 Å². The second kappa shape index (κ2) is 11.1. The molecule has 4 rings (SSSR count). The molecule has 30 heavy (non-hydrogen) atoms. The van der Waals surface area contributed by atoms with E-state index in [4.69, 9.17) is 14.2 Å². The van der Waals surface area contributed by atoms with Crippen LogP contribution in [-0.2, 0) is 14.2 Å². The fraction of sp³-hybridized carbons (Fsp3) is 0.143. The summed E-state index contributed by atoms with van der Waals surface area (Å²) in [6.45, 7) is 0.